The smallest absolute Gasteiger partial charge is 0.306 e. The van der Waals surface area contributed by atoms with E-state index in [0.717, 1.165) is 5.92 Å². The van der Waals surface area contributed by atoms with E-state index in [1.54, 1.807) is 6.92 Å². The molecule has 0 aliphatic rings. The van der Waals surface area contributed by atoms with Crippen LogP contribution >= 0.6 is 0 Å². The van der Waals surface area contributed by atoms with Crippen LogP contribution in [0.3, 0.4) is 0 Å². The fourth-order valence-corrected chi connectivity index (χ4v) is 0.247. The summed E-state index contributed by atoms with van der Waals surface area (Å²) in [4.78, 5) is 10.1. The molecule has 1 radical (unpaired) electrons. The van der Waals surface area contributed by atoms with Gasteiger partial charge in [-0.05, 0) is 5.92 Å². The molecule has 8 heavy (non-hydrogen) atoms. The summed E-state index contributed by atoms with van der Waals surface area (Å²) in [5.41, 5.74) is 0. The third-order valence-electron chi connectivity index (χ3n) is 1.24. The number of carbonyl (C=O) groups is 1. The van der Waals surface area contributed by atoms with Crippen molar-refractivity contribution in [1.82, 2.24) is 0 Å². The van der Waals surface area contributed by atoms with E-state index in [4.69, 9.17) is 5.11 Å². The van der Waals surface area contributed by atoms with Crippen molar-refractivity contribution < 1.29 is 9.90 Å². The summed E-state index contributed by atoms with van der Waals surface area (Å²) in [7, 11) is 0. The Morgan fingerprint density at radius 3 is 1.88 bits per heavy atom. The normalized spacial score (nSPS) is 14.0. The second-order valence-electron chi connectivity index (χ2n) is 2.14. The molecular weight excluding hydrogens is 104 g/mol. The van der Waals surface area contributed by atoms with Crippen LogP contribution in [0.25, 0.3) is 0 Å². The van der Waals surface area contributed by atoms with Gasteiger partial charge in [-0.25, -0.2) is 0 Å². The van der Waals surface area contributed by atoms with E-state index >= 15 is 0 Å². The topological polar surface area (TPSA) is 37.3 Å². The predicted molar refractivity (Wildman–Crippen MR) is 31.4 cm³/mol. The maximum atomic E-state index is 10.1. The van der Waals surface area contributed by atoms with Crippen LogP contribution in [0, 0.1) is 11.8 Å². The average Bonchev–Trinajstić information content (AvgIpc) is 1.64. The maximum Gasteiger partial charge on any atom is 0.306 e. The molecule has 0 aromatic heterocycles. The summed E-state index contributed by atoms with van der Waals surface area (Å²) in [6.07, 6.45) is 0. The Morgan fingerprint density at radius 1 is 1.50 bits per heavy atom. The van der Waals surface area contributed by atoms with Crippen LogP contribution in [0.15, 0.2) is 0 Å². The standard InChI is InChI=1S/C6H11O2/c1-4(2)5(3)6(7)8/h5H,1-3H3,(H,7,8). The van der Waals surface area contributed by atoms with Gasteiger partial charge in [-0.1, -0.05) is 20.8 Å². The molecule has 1 atom stereocenters. The second-order valence-corrected chi connectivity index (χ2v) is 2.14. The molecule has 0 aliphatic heterocycles. The van der Waals surface area contributed by atoms with Gasteiger partial charge in [0.15, 0.2) is 0 Å². The Bertz CT molecular complexity index is 86.5. The Hall–Kier alpha value is -0.530. The summed E-state index contributed by atoms with van der Waals surface area (Å²) in [6, 6.07) is 0. The molecule has 1 unspecified atom stereocenters. The highest BCUT2D eigenvalue weighted by Gasteiger charge is 2.14. The van der Waals surface area contributed by atoms with Crippen LogP contribution in [0.1, 0.15) is 20.8 Å². The van der Waals surface area contributed by atoms with Crippen molar-refractivity contribution >= 4 is 5.97 Å². The molecule has 0 bridgehead atoms. The Balaban J connectivity index is 3.64. The molecule has 0 spiro atoms. The average molecular weight is 115 g/mol. The zero-order valence-corrected chi connectivity index (χ0v) is 5.43. The van der Waals surface area contributed by atoms with Crippen molar-refractivity contribution in [3.8, 4) is 0 Å². The van der Waals surface area contributed by atoms with Crippen LogP contribution in [-0.4, -0.2) is 11.1 Å². The summed E-state index contributed by atoms with van der Waals surface area (Å²) in [6.45, 7) is 5.31. The number of rotatable bonds is 2. The Labute approximate surface area is 49.5 Å². The number of carboxylic acids is 1. The highest BCUT2D eigenvalue weighted by atomic mass is 16.4. The van der Waals surface area contributed by atoms with Crippen molar-refractivity contribution in [1.29, 1.82) is 0 Å². The van der Waals surface area contributed by atoms with Gasteiger partial charge in [-0.15, -0.1) is 0 Å². The molecule has 0 heterocycles. The zero-order chi connectivity index (χ0) is 6.73. The minimum absolute atomic E-state index is 0.296. The molecule has 2 nitrogen and oxygen atoms in total. The largest absolute Gasteiger partial charge is 0.481 e. The van der Waals surface area contributed by atoms with Crippen molar-refractivity contribution in [3.05, 3.63) is 5.92 Å². The molecular formula is C6H11O2. The first kappa shape index (κ1) is 7.47. The molecule has 0 amide bonds. The van der Waals surface area contributed by atoms with Gasteiger partial charge in [0.05, 0.1) is 5.92 Å². The van der Waals surface area contributed by atoms with E-state index in [-0.39, 0.29) is 5.92 Å². The molecule has 0 aromatic carbocycles. The van der Waals surface area contributed by atoms with Crippen molar-refractivity contribution in [2.24, 2.45) is 5.92 Å². The highest BCUT2D eigenvalue weighted by Crippen LogP contribution is 2.10. The molecule has 0 rings (SSSR count). The second kappa shape index (κ2) is 2.70. The highest BCUT2D eigenvalue weighted by molar-refractivity contribution is 5.71. The fraction of sp³-hybridized carbons (Fsp3) is 0.667. The van der Waals surface area contributed by atoms with Crippen LogP contribution in [0.5, 0.6) is 0 Å². The minimum atomic E-state index is -0.745. The number of hydrogen-bond acceptors (Lipinski definition) is 1. The van der Waals surface area contributed by atoms with Crippen LogP contribution < -0.4 is 0 Å². The lowest BCUT2D eigenvalue weighted by molar-refractivity contribution is -0.140. The quantitative estimate of drug-likeness (QED) is 0.589. The predicted octanol–water partition coefficient (Wildman–Crippen LogP) is 1.32. The number of carboxylic acid groups (broad SMARTS) is 1. The first-order valence-electron chi connectivity index (χ1n) is 2.58. The van der Waals surface area contributed by atoms with Gasteiger partial charge in [0.1, 0.15) is 0 Å². The molecule has 0 aromatic rings. The number of hydrogen-bond donors (Lipinski definition) is 1. The first-order valence-corrected chi connectivity index (χ1v) is 2.58. The molecule has 0 saturated heterocycles. The molecule has 0 aliphatic carbocycles. The fourth-order valence-electron chi connectivity index (χ4n) is 0.247. The molecule has 0 fully saturated rings. The van der Waals surface area contributed by atoms with Gasteiger partial charge in [0, 0.05) is 0 Å². The first-order chi connectivity index (χ1) is 3.55. The Kier molecular flexibility index (Phi) is 2.52. The lowest BCUT2D eigenvalue weighted by atomic mass is 9.99. The van der Waals surface area contributed by atoms with E-state index in [0.29, 0.717) is 0 Å². The SMILES string of the molecule is C[C](C)C(C)C(=O)O. The van der Waals surface area contributed by atoms with Crippen LogP contribution in [0.4, 0.5) is 0 Å². The van der Waals surface area contributed by atoms with E-state index in [1.807, 2.05) is 13.8 Å². The third kappa shape index (κ3) is 1.96. The summed E-state index contributed by atoms with van der Waals surface area (Å²) in [5.74, 6) is -0.0995. The lowest BCUT2D eigenvalue weighted by Gasteiger charge is -2.07. The molecule has 0 saturated carbocycles. The molecule has 1 N–H and O–H groups in total. The summed E-state index contributed by atoms with van der Waals surface area (Å²) in [5, 5.41) is 8.33. The minimum Gasteiger partial charge on any atom is -0.481 e. The van der Waals surface area contributed by atoms with Crippen molar-refractivity contribution in [3.63, 3.8) is 0 Å². The van der Waals surface area contributed by atoms with Crippen LogP contribution in [0.2, 0.25) is 0 Å². The third-order valence-corrected chi connectivity index (χ3v) is 1.24. The van der Waals surface area contributed by atoms with E-state index in [9.17, 15) is 4.79 Å². The Morgan fingerprint density at radius 2 is 1.88 bits per heavy atom. The molecule has 47 valence electrons. The van der Waals surface area contributed by atoms with E-state index < -0.39 is 5.97 Å². The van der Waals surface area contributed by atoms with Gasteiger partial charge in [0.2, 0.25) is 0 Å². The zero-order valence-electron chi connectivity index (χ0n) is 5.43. The monoisotopic (exact) mass is 115 g/mol. The summed E-state index contributed by atoms with van der Waals surface area (Å²) < 4.78 is 0. The van der Waals surface area contributed by atoms with Crippen LogP contribution in [-0.2, 0) is 4.79 Å². The van der Waals surface area contributed by atoms with Crippen molar-refractivity contribution in [2.45, 2.75) is 20.8 Å². The number of aliphatic carboxylic acids is 1. The van der Waals surface area contributed by atoms with Crippen molar-refractivity contribution in [2.75, 3.05) is 0 Å². The molecule has 2 heteroatoms. The lowest BCUT2D eigenvalue weighted by Crippen LogP contribution is -2.13. The van der Waals surface area contributed by atoms with E-state index in [2.05, 4.69) is 0 Å². The maximum absolute atomic E-state index is 10.1. The van der Waals surface area contributed by atoms with Gasteiger partial charge in [0.25, 0.3) is 0 Å². The van der Waals surface area contributed by atoms with Gasteiger partial charge < -0.3 is 5.11 Å². The van der Waals surface area contributed by atoms with Gasteiger partial charge >= 0.3 is 5.97 Å². The summed E-state index contributed by atoms with van der Waals surface area (Å²) >= 11 is 0. The van der Waals surface area contributed by atoms with Gasteiger partial charge in [-0.2, -0.15) is 0 Å². The van der Waals surface area contributed by atoms with Gasteiger partial charge in [-0.3, -0.25) is 4.79 Å². The van der Waals surface area contributed by atoms with E-state index in [1.165, 1.54) is 0 Å².